The number of carbonyl (C=O) groups is 2. The molecule has 8 nitrogen and oxygen atoms in total. The van der Waals surface area contributed by atoms with E-state index in [2.05, 4.69) is 25.7 Å². The van der Waals surface area contributed by atoms with Crippen molar-refractivity contribution < 1.29 is 14.0 Å². The van der Waals surface area contributed by atoms with E-state index in [9.17, 15) is 9.59 Å². The summed E-state index contributed by atoms with van der Waals surface area (Å²) in [7, 11) is 0. The first-order valence-electron chi connectivity index (χ1n) is 12.4. The minimum absolute atomic E-state index is 0.0268. The van der Waals surface area contributed by atoms with Crippen molar-refractivity contribution in [1.29, 1.82) is 0 Å². The molecule has 5 rings (SSSR count). The number of nitrogens with one attached hydrogen (secondary N) is 2. The zero-order valence-electron chi connectivity index (χ0n) is 20.7. The van der Waals surface area contributed by atoms with Crippen LogP contribution < -0.4 is 10.6 Å². The highest BCUT2D eigenvalue weighted by Gasteiger charge is 2.23. The molecular weight excluding hydrogens is 466 g/mol. The topological polar surface area (TPSA) is 100 Å². The number of aryl methyl sites for hydroxylation is 1. The second kappa shape index (κ2) is 11.2. The van der Waals surface area contributed by atoms with Crippen molar-refractivity contribution in [2.45, 2.75) is 25.8 Å². The highest BCUT2D eigenvalue weighted by Crippen LogP contribution is 2.25. The Kier molecular flexibility index (Phi) is 7.37. The van der Waals surface area contributed by atoms with E-state index in [-0.39, 0.29) is 17.9 Å². The van der Waals surface area contributed by atoms with Crippen LogP contribution in [0.3, 0.4) is 0 Å². The number of likely N-dealkylation sites (tertiary alicyclic amines) is 1. The van der Waals surface area contributed by atoms with E-state index < -0.39 is 0 Å². The molecular formula is C29H29N5O3. The monoisotopic (exact) mass is 495 g/mol. The van der Waals surface area contributed by atoms with E-state index in [1.54, 1.807) is 12.1 Å². The average Bonchev–Trinajstić information content (AvgIpc) is 3.41. The number of rotatable bonds is 7. The molecule has 1 aromatic heterocycles. The summed E-state index contributed by atoms with van der Waals surface area (Å²) in [6.07, 6.45) is 1.60. The third-order valence-electron chi connectivity index (χ3n) is 6.43. The number of anilines is 1. The molecule has 0 bridgehead atoms. The van der Waals surface area contributed by atoms with Crippen LogP contribution in [0.15, 0.2) is 83.3 Å². The maximum atomic E-state index is 12.8. The number of hydrogen-bond acceptors (Lipinski definition) is 6. The Morgan fingerprint density at radius 3 is 2.30 bits per heavy atom. The Bertz CT molecular complexity index is 1360. The molecule has 1 fully saturated rings. The third-order valence-corrected chi connectivity index (χ3v) is 6.43. The Balaban J connectivity index is 1.11. The molecule has 2 heterocycles. The van der Waals surface area contributed by atoms with Gasteiger partial charge >= 0.3 is 0 Å². The highest BCUT2D eigenvalue weighted by molar-refractivity contribution is 5.95. The van der Waals surface area contributed by atoms with E-state index in [4.69, 9.17) is 4.42 Å². The lowest BCUT2D eigenvalue weighted by Gasteiger charge is -2.31. The van der Waals surface area contributed by atoms with E-state index in [0.717, 1.165) is 48.3 Å². The molecule has 0 radical (unpaired) electrons. The summed E-state index contributed by atoms with van der Waals surface area (Å²) in [5.74, 6) is 0.732. The maximum absolute atomic E-state index is 12.8. The van der Waals surface area contributed by atoms with Crippen molar-refractivity contribution in [3.8, 4) is 22.9 Å². The van der Waals surface area contributed by atoms with Gasteiger partial charge in [-0.15, -0.1) is 10.2 Å². The summed E-state index contributed by atoms with van der Waals surface area (Å²) in [5, 5.41) is 14.4. The van der Waals surface area contributed by atoms with Gasteiger partial charge in [0.25, 0.3) is 5.91 Å². The lowest BCUT2D eigenvalue weighted by Crippen LogP contribution is -2.46. The largest absolute Gasteiger partial charge is 0.416 e. The number of para-hydroxylation sites is 1. The number of amides is 2. The van der Waals surface area contributed by atoms with E-state index in [1.807, 2.05) is 73.7 Å². The molecule has 1 aliphatic rings. The average molecular weight is 496 g/mol. The van der Waals surface area contributed by atoms with Gasteiger partial charge in [0, 0.05) is 41.5 Å². The van der Waals surface area contributed by atoms with Gasteiger partial charge in [0.2, 0.25) is 17.7 Å². The van der Waals surface area contributed by atoms with Crippen molar-refractivity contribution in [2.75, 3.05) is 25.0 Å². The van der Waals surface area contributed by atoms with Crippen LogP contribution in [0.4, 0.5) is 5.69 Å². The Labute approximate surface area is 215 Å². The molecule has 0 aliphatic carbocycles. The van der Waals surface area contributed by atoms with Crippen LogP contribution in [0.1, 0.15) is 28.8 Å². The van der Waals surface area contributed by atoms with Gasteiger partial charge < -0.3 is 15.1 Å². The first-order chi connectivity index (χ1) is 18.0. The van der Waals surface area contributed by atoms with Crippen LogP contribution in [-0.2, 0) is 4.79 Å². The number of nitrogens with zero attached hydrogens (tertiary/aromatic N) is 3. The first kappa shape index (κ1) is 24.4. The molecule has 1 aliphatic heterocycles. The number of carbonyl (C=O) groups excluding carboxylic acids is 2. The first-order valence-corrected chi connectivity index (χ1v) is 12.4. The standard InChI is InChI=1S/C29H29N5O3/c1-20-6-5-7-23(18-20)29-33-32-28(37-29)22-12-10-21(11-13-22)27(36)31-25-14-16-34(17-15-25)19-26(35)30-24-8-3-2-4-9-24/h2-13,18,25H,14-17,19H2,1H3,(H,30,35)(H,31,36). The van der Waals surface area contributed by atoms with Crippen LogP contribution in [0.25, 0.3) is 22.9 Å². The molecule has 0 spiro atoms. The van der Waals surface area contributed by atoms with Gasteiger partial charge in [-0.05, 0) is 68.3 Å². The molecule has 0 saturated carbocycles. The Morgan fingerprint density at radius 2 is 1.59 bits per heavy atom. The molecule has 37 heavy (non-hydrogen) atoms. The summed E-state index contributed by atoms with van der Waals surface area (Å²) >= 11 is 0. The summed E-state index contributed by atoms with van der Waals surface area (Å²) in [4.78, 5) is 27.2. The quantitative estimate of drug-likeness (QED) is 0.390. The number of benzene rings is 3. The van der Waals surface area contributed by atoms with E-state index >= 15 is 0 Å². The second-order valence-corrected chi connectivity index (χ2v) is 9.30. The van der Waals surface area contributed by atoms with Crippen molar-refractivity contribution in [3.05, 3.63) is 90.0 Å². The van der Waals surface area contributed by atoms with E-state index in [1.165, 1.54) is 0 Å². The van der Waals surface area contributed by atoms with Gasteiger partial charge in [-0.3, -0.25) is 14.5 Å². The zero-order chi connectivity index (χ0) is 25.6. The summed E-state index contributed by atoms with van der Waals surface area (Å²) in [6, 6.07) is 24.6. The lowest BCUT2D eigenvalue weighted by molar-refractivity contribution is -0.117. The molecule has 0 unspecified atom stereocenters. The SMILES string of the molecule is Cc1cccc(-c2nnc(-c3ccc(C(=O)NC4CCN(CC(=O)Nc5ccccc5)CC4)cc3)o2)c1. The second-order valence-electron chi connectivity index (χ2n) is 9.30. The van der Waals surface area contributed by atoms with Gasteiger partial charge in [0.1, 0.15) is 0 Å². The molecule has 1 saturated heterocycles. The van der Waals surface area contributed by atoms with Gasteiger partial charge in [-0.2, -0.15) is 0 Å². The number of aromatic nitrogens is 2. The van der Waals surface area contributed by atoms with Gasteiger partial charge in [-0.1, -0.05) is 35.9 Å². The molecule has 4 aromatic rings. The number of piperidine rings is 1. The van der Waals surface area contributed by atoms with Crippen molar-refractivity contribution in [3.63, 3.8) is 0 Å². The molecule has 188 valence electrons. The van der Waals surface area contributed by atoms with Crippen molar-refractivity contribution >= 4 is 17.5 Å². The fourth-order valence-electron chi connectivity index (χ4n) is 4.43. The summed E-state index contributed by atoms with van der Waals surface area (Å²) in [5.41, 5.74) is 4.12. The van der Waals surface area contributed by atoms with E-state index in [0.29, 0.717) is 23.9 Å². The lowest BCUT2D eigenvalue weighted by atomic mass is 10.0. The van der Waals surface area contributed by atoms with Crippen molar-refractivity contribution in [1.82, 2.24) is 20.4 Å². The zero-order valence-corrected chi connectivity index (χ0v) is 20.7. The molecule has 3 aromatic carbocycles. The minimum Gasteiger partial charge on any atom is -0.416 e. The maximum Gasteiger partial charge on any atom is 0.251 e. The Hall–Kier alpha value is -4.30. The van der Waals surface area contributed by atoms with Gasteiger partial charge in [-0.25, -0.2) is 0 Å². The fourth-order valence-corrected chi connectivity index (χ4v) is 4.43. The van der Waals surface area contributed by atoms with Crippen molar-refractivity contribution in [2.24, 2.45) is 0 Å². The number of hydrogen-bond donors (Lipinski definition) is 2. The third kappa shape index (κ3) is 6.29. The molecule has 8 heteroatoms. The highest BCUT2D eigenvalue weighted by atomic mass is 16.4. The molecule has 2 N–H and O–H groups in total. The minimum atomic E-state index is -0.113. The smallest absolute Gasteiger partial charge is 0.251 e. The summed E-state index contributed by atoms with van der Waals surface area (Å²) < 4.78 is 5.85. The Morgan fingerprint density at radius 1 is 0.892 bits per heavy atom. The van der Waals surface area contributed by atoms with Crippen LogP contribution in [0.2, 0.25) is 0 Å². The predicted octanol–water partition coefficient (Wildman–Crippen LogP) is 4.54. The molecule has 2 amide bonds. The van der Waals surface area contributed by atoms with Crippen LogP contribution in [0, 0.1) is 6.92 Å². The summed E-state index contributed by atoms with van der Waals surface area (Å²) in [6.45, 7) is 3.87. The fraction of sp³-hybridized carbons (Fsp3) is 0.241. The van der Waals surface area contributed by atoms with Gasteiger partial charge in [0.05, 0.1) is 6.54 Å². The molecule has 0 atom stereocenters. The van der Waals surface area contributed by atoms with Crippen LogP contribution in [-0.4, -0.2) is 52.6 Å². The van der Waals surface area contributed by atoms with Crippen LogP contribution >= 0.6 is 0 Å². The van der Waals surface area contributed by atoms with Gasteiger partial charge in [0.15, 0.2) is 0 Å². The predicted molar refractivity (Wildman–Crippen MR) is 142 cm³/mol. The normalized spacial score (nSPS) is 14.3. The van der Waals surface area contributed by atoms with Crippen LogP contribution in [0.5, 0.6) is 0 Å².